The molecule has 0 rings (SSSR count). The maximum Gasteiger partial charge on any atom is 0.310 e. The molecule has 0 bridgehead atoms. The molecule has 0 aromatic heterocycles. The fourth-order valence-corrected chi connectivity index (χ4v) is 5.80. The van der Waals surface area contributed by atoms with Gasteiger partial charge in [-0.25, -0.2) is 0 Å². The lowest BCUT2D eigenvalue weighted by molar-refractivity contribution is -0.160. The smallest absolute Gasteiger partial charge is 0.310 e. The third-order valence-corrected chi connectivity index (χ3v) is 9.02. The highest BCUT2D eigenvalue weighted by Gasteiger charge is 2.15. The number of aliphatic hydroxyl groups is 1. The van der Waals surface area contributed by atoms with Crippen LogP contribution in [-0.2, 0) is 19.1 Å². The Morgan fingerprint density at radius 3 is 1.33 bits per heavy atom. The standard InChI is InChI=1S/C47H80O5/c1-3-5-7-9-11-13-15-17-19-20-21-22-23-24-25-26-28-29-31-33-35-37-39-41-46(49)51-44-45(43-48)52-47(50)42-40-38-36-34-32-30-27-18-16-14-12-10-8-6-4-2/h6,8,12,14,18,20-21,27,32,34,38,40,45,48H,3-5,7,9-11,13,15-17,19,22-26,28-31,33,35-37,39,41-44H2,1-2H3/b8-6-,14-12-,21-20-,27-18-,34-32-,40-38-. The molecule has 0 aliphatic rings. The van der Waals surface area contributed by atoms with Crippen LogP contribution in [0.2, 0.25) is 0 Å². The molecule has 0 spiro atoms. The first-order valence-electron chi connectivity index (χ1n) is 21.5. The summed E-state index contributed by atoms with van der Waals surface area (Å²) in [6, 6.07) is 0. The van der Waals surface area contributed by atoms with Crippen molar-refractivity contribution in [1.82, 2.24) is 0 Å². The summed E-state index contributed by atoms with van der Waals surface area (Å²) in [5.41, 5.74) is 0. The Bertz CT molecular complexity index is 957. The van der Waals surface area contributed by atoms with E-state index in [9.17, 15) is 14.7 Å². The molecule has 0 saturated carbocycles. The molecule has 298 valence electrons. The predicted molar refractivity (Wildman–Crippen MR) is 223 cm³/mol. The van der Waals surface area contributed by atoms with E-state index in [0.717, 1.165) is 51.4 Å². The first-order chi connectivity index (χ1) is 25.6. The number of ether oxygens (including phenoxy) is 2. The lowest BCUT2D eigenvalue weighted by atomic mass is 10.0. The Kier molecular flexibility index (Phi) is 40.6. The monoisotopic (exact) mass is 725 g/mol. The number of esters is 2. The number of unbranched alkanes of at least 4 members (excludes halogenated alkanes) is 19. The number of rotatable bonds is 38. The normalized spacial score (nSPS) is 12.9. The van der Waals surface area contributed by atoms with Crippen molar-refractivity contribution in [3.63, 3.8) is 0 Å². The first-order valence-corrected chi connectivity index (χ1v) is 21.5. The van der Waals surface area contributed by atoms with Gasteiger partial charge in [0.05, 0.1) is 13.0 Å². The molecular weight excluding hydrogens is 645 g/mol. The predicted octanol–water partition coefficient (Wildman–Crippen LogP) is 13.7. The van der Waals surface area contributed by atoms with Crippen molar-refractivity contribution in [1.29, 1.82) is 0 Å². The van der Waals surface area contributed by atoms with Crippen LogP contribution >= 0.6 is 0 Å². The van der Waals surface area contributed by atoms with Crippen molar-refractivity contribution in [3.05, 3.63) is 72.9 Å². The van der Waals surface area contributed by atoms with E-state index < -0.39 is 12.1 Å². The number of carbonyl (C=O) groups excluding carboxylic acids is 2. The number of carbonyl (C=O) groups is 2. The molecule has 5 nitrogen and oxygen atoms in total. The minimum absolute atomic E-state index is 0.108. The molecule has 0 aromatic carbocycles. The average Bonchev–Trinajstić information content (AvgIpc) is 3.15. The second-order valence-corrected chi connectivity index (χ2v) is 14.1. The van der Waals surface area contributed by atoms with E-state index in [2.05, 4.69) is 74.6 Å². The van der Waals surface area contributed by atoms with Crippen molar-refractivity contribution in [2.75, 3.05) is 13.2 Å². The van der Waals surface area contributed by atoms with E-state index in [-0.39, 0.29) is 25.6 Å². The largest absolute Gasteiger partial charge is 0.462 e. The van der Waals surface area contributed by atoms with Crippen molar-refractivity contribution in [2.45, 2.75) is 200 Å². The SMILES string of the molecule is CC/C=C\C/C=C\C/C=C\C/C=C\C/C=C\CC(=O)OC(CO)COC(=O)CCCCCCCCCCCCC/C=C\CCCCCCCCCC. The molecule has 0 heterocycles. The van der Waals surface area contributed by atoms with Gasteiger partial charge in [-0.05, 0) is 64.2 Å². The Morgan fingerprint density at radius 2 is 0.885 bits per heavy atom. The average molecular weight is 725 g/mol. The summed E-state index contributed by atoms with van der Waals surface area (Å²) in [5.74, 6) is -0.741. The summed E-state index contributed by atoms with van der Waals surface area (Å²) in [6.07, 6.45) is 57.2. The highest BCUT2D eigenvalue weighted by Crippen LogP contribution is 2.14. The van der Waals surface area contributed by atoms with Crippen LogP contribution in [0.5, 0.6) is 0 Å². The van der Waals surface area contributed by atoms with Crippen LogP contribution in [0.15, 0.2) is 72.9 Å². The summed E-state index contributed by atoms with van der Waals surface area (Å²) < 4.78 is 10.5. The number of hydrogen-bond acceptors (Lipinski definition) is 5. The minimum atomic E-state index is -0.828. The van der Waals surface area contributed by atoms with Crippen molar-refractivity contribution in [2.24, 2.45) is 0 Å². The zero-order chi connectivity index (χ0) is 37.8. The molecule has 5 heteroatoms. The van der Waals surface area contributed by atoms with Crippen molar-refractivity contribution in [3.8, 4) is 0 Å². The third-order valence-electron chi connectivity index (χ3n) is 9.02. The molecule has 52 heavy (non-hydrogen) atoms. The fraction of sp³-hybridized carbons (Fsp3) is 0.702. The van der Waals surface area contributed by atoms with Crippen LogP contribution in [0, 0.1) is 0 Å². The molecule has 0 aromatic rings. The Morgan fingerprint density at radius 1 is 0.481 bits per heavy atom. The van der Waals surface area contributed by atoms with Gasteiger partial charge in [0.25, 0.3) is 0 Å². The molecule has 0 saturated heterocycles. The fourth-order valence-electron chi connectivity index (χ4n) is 5.80. The topological polar surface area (TPSA) is 72.8 Å². The molecule has 0 aliphatic carbocycles. The van der Waals surface area contributed by atoms with Crippen molar-refractivity contribution >= 4 is 11.9 Å². The van der Waals surface area contributed by atoms with Crippen LogP contribution in [0.1, 0.15) is 194 Å². The van der Waals surface area contributed by atoms with Gasteiger partial charge in [-0.3, -0.25) is 9.59 Å². The zero-order valence-corrected chi connectivity index (χ0v) is 33.8. The van der Waals surface area contributed by atoms with Crippen LogP contribution in [0.25, 0.3) is 0 Å². The van der Waals surface area contributed by atoms with Crippen LogP contribution in [0.4, 0.5) is 0 Å². The summed E-state index contributed by atoms with van der Waals surface area (Å²) in [5, 5.41) is 9.55. The Hall–Kier alpha value is -2.66. The van der Waals surface area contributed by atoms with Gasteiger partial charge in [-0.1, -0.05) is 189 Å². The molecule has 0 radical (unpaired) electrons. The van der Waals surface area contributed by atoms with E-state index in [0.29, 0.717) is 6.42 Å². The van der Waals surface area contributed by atoms with Gasteiger partial charge in [0.15, 0.2) is 6.10 Å². The van der Waals surface area contributed by atoms with Crippen LogP contribution in [0.3, 0.4) is 0 Å². The number of hydrogen-bond donors (Lipinski definition) is 1. The van der Waals surface area contributed by atoms with E-state index in [1.165, 1.54) is 116 Å². The molecule has 0 aliphatic heterocycles. The second-order valence-electron chi connectivity index (χ2n) is 14.1. The summed E-state index contributed by atoms with van der Waals surface area (Å²) in [4.78, 5) is 24.2. The second kappa shape index (κ2) is 42.8. The van der Waals surface area contributed by atoms with Gasteiger partial charge in [-0.2, -0.15) is 0 Å². The first kappa shape index (κ1) is 49.3. The van der Waals surface area contributed by atoms with Gasteiger partial charge >= 0.3 is 11.9 Å². The Balaban J connectivity index is 3.61. The molecule has 1 atom stereocenters. The minimum Gasteiger partial charge on any atom is -0.462 e. The van der Waals surface area contributed by atoms with Crippen LogP contribution < -0.4 is 0 Å². The maximum absolute atomic E-state index is 12.1. The van der Waals surface area contributed by atoms with Gasteiger partial charge < -0.3 is 14.6 Å². The summed E-state index contributed by atoms with van der Waals surface area (Å²) in [6.45, 7) is 3.94. The maximum atomic E-state index is 12.1. The van der Waals surface area contributed by atoms with Gasteiger partial charge in [0.1, 0.15) is 6.61 Å². The molecule has 0 fully saturated rings. The summed E-state index contributed by atoms with van der Waals surface area (Å²) >= 11 is 0. The Labute approximate surface area is 321 Å². The van der Waals surface area contributed by atoms with Gasteiger partial charge in [0.2, 0.25) is 0 Å². The molecular formula is C47H80O5. The van der Waals surface area contributed by atoms with E-state index in [4.69, 9.17) is 9.47 Å². The van der Waals surface area contributed by atoms with Crippen LogP contribution in [-0.4, -0.2) is 36.4 Å². The van der Waals surface area contributed by atoms with Crippen molar-refractivity contribution < 1.29 is 24.2 Å². The molecule has 0 amide bonds. The summed E-state index contributed by atoms with van der Waals surface area (Å²) in [7, 11) is 0. The quantitative estimate of drug-likeness (QED) is 0.0390. The lowest BCUT2D eigenvalue weighted by Gasteiger charge is -2.15. The molecule has 1 N–H and O–H groups in total. The number of allylic oxidation sites excluding steroid dienone is 11. The highest BCUT2D eigenvalue weighted by atomic mass is 16.6. The zero-order valence-electron chi connectivity index (χ0n) is 33.8. The van der Waals surface area contributed by atoms with Gasteiger partial charge in [0, 0.05) is 6.42 Å². The third kappa shape index (κ3) is 40.1. The van der Waals surface area contributed by atoms with E-state index in [1.807, 2.05) is 6.08 Å². The lowest BCUT2D eigenvalue weighted by Crippen LogP contribution is -2.28. The number of aliphatic hydroxyl groups excluding tert-OH is 1. The highest BCUT2D eigenvalue weighted by molar-refractivity contribution is 5.71. The van der Waals surface area contributed by atoms with E-state index >= 15 is 0 Å². The van der Waals surface area contributed by atoms with Gasteiger partial charge in [-0.15, -0.1) is 0 Å². The molecule has 1 unspecified atom stereocenters. The van der Waals surface area contributed by atoms with E-state index in [1.54, 1.807) is 6.08 Å².